The van der Waals surface area contributed by atoms with Gasteiger partial charge in [-0.2, -0.15) is 0 Å². The fraction of sp³-hybridized carbons (Fsp3) is 0.333. The SMILES string of the molecule is COc1ccc(NC(N)=NCc2ccc(OCC3CC3)nc2)cc1. The van der Waals surface area contributed by atoms with Crippen molar-refractivity contribution in [1.82, 2.24) is 4.98 Å². The van der Waals surface area contributed by atoms with Crippen LogP contribution in [0.25, 0.3) is 0 Å². The number of anilines is 1. The molecule has 1 heterocycles. The first-order valence-corrected chi connectivity index (χ1v) is 8.01. The Morgan fingerprint density at radius 2 is 2.04 bits per heavy atom. The maximum Gasteiger partial charge on any atom is 0.213 e. The van der Waals surface area contributed by atoms with Gasteiger partial charge >= 0.3 is 0 Å². The van der Waals surface area contributed by atoms with Gasteiger partial charge in [-0.05, 0) is 48.6 Å². The van der Waals surface area contributed by atoms with Crippen LogP contribution >= 0.6 is 0 Å². The van der Waals surface area contributed by atoms with Gasteiger partial charge in [0.1, 0.15) is 5.75 Å². The molecule has 3 rings (SSSR count). The van der Waals surface area contributed by atoms with Crippen molar-refractivity contribution in [1.29, 1.82) is 0 Å². The Morgan fingerprint density at radius 1 is 1.25 bits per heavy atom. The Hall–Kier alpha value is -2.76. The van der Waals surface area contributed by atoms with Crippen molar-refractivity contribution in [3.8, 4) is 11.6 Å². The Labute approximate surface area is 141 Å². The molecule has 1 aliphatic rings. The molecule has 1 fully saturated rings. The highest BCUT2D eigenvalue weighted by molar-refractivity contribution is 5.92. The van der Waals surface area contributed by atoms with E-state index in [1.807, 2.05) is 36.4 Å². The first-order chi connectivity index (χ1) is 11.7. The quantitative estimate of drug-likeness (QED) is 0.604. The number of aliphatic imine (C=N–C) groups is 1. The second-order valence-corrected chi connectivity index (χ2v) is 5.81. The Bertz CT molecular complexity index is 679. The van der Waals surface area contributed by atoms with Gasteiger partial charge in [0, 0.05) is 18.0 Å². The van der Waals surface area contributed by atoms with Crippen LogP contribution in [0.2, 0.25) is 0 Å². The lowest BCUT2D eigenvalue weighted by molar-refractivity contribution is 0.288. The lowest BCUT2D eigenvalue weighted by Crippen LogP contribution is -2.22. The van der Waals surface area contributed by atoms with Crippen LogP contribution in [-0.2, 0) is 6.54 Å². The van der Waals surface area contributed by atoms with Crippen molar-refractivity contribution >= 4 is 11.6 Å². The highest BCUT2D eigenvalue weighted by Crippen LogP contribution is 2.29. The molecule has 6 heteroatoms. The summed E-state index contributed by atoms with van der Waals surface area (Å²) in [6.07, 6.45) is 4.31. The van der Waals surface area contributed by atoms with Crippen LogP contribution in [0.1, 0.15) is 18.4 Å². The van der Waals surface area contributed by atoms with E-state index < -0.39 is 0 Å². The number of aromatic nitrogens is 1. The molecule has 2 aromatic rings. The molecule has 0 amide bonds. The Balaban J connectivity index is 1.49. The lowest BCUT2D eigenvalue weighted by atomic mass is 10.3. The topological polar surface area (TPSA) is 81.8 Å². The van der Waals surface area contributed by atoms with Crippen LogP contribution in [0.4, 0.5) is 5.69 Å². The van der Waals surface area contributed by atoms with Gasteiger partial charge in [0.15, 0.2) is 5.96 Å². The van der Waals surface area contributed by atoms with Crippen LogP contribution in [-0.4, -0.2) is 24.7 Å². The summed E-state index contributed by atoms with van der Waals surface area (Å²) in [5.74, 6) is 2.54. The summed E-state index contributed by atoms with van der Waals surface area (Å²) < 4.78 is 10.7. The van der Waals surface area contributed by atoms with Gasteiger partial charge in [0.2, 0.25) is 5.88 Å². The first-order valence-electron chi connectivity index (χ1n) is 8.01. The van der Waals surface area contributed by atoms with E-state index >= 15 is 0 Å². The molecule has 0 aliphatic heterocycles. The minimum absolute atomic E-state index is 0.356. The molecule has 0 unspecified atom stereocenters. The predicted molar refractivity (Wildman–Crippen MR) is 94.4 cm³/mol. The van der Waals surface area contributed by atoms with E-state index in [1.54, 1.807) is 13.3 Å². The molecule has 6 nitrogen and oxygen atoms in total. The molecule has 0 spiro atoms. The van der Waals surface area contributed by atoms with Crippen molar-refractivity contribution in [2.75, 3.05) is 19.0 Å². The number of benzene rings is 1. The zero-order chi connectivity index (χ0) is 16.8. The number of nitrogens with zero attached hydrogens (tertiary/aromatic N) is 2. The number of ether oxygens (including phenoxy) is 2. The minimum Gasteiger partial charge on any atom is -0.497 e. The van der Waals surface area contributed by atoms with E-state index in [4.69, 9.17) is 15.2 Å². The largest absolute Gasteiger partial charge is 0.497 e. The molecule has 126 valence electrons. The second-order valence-electron chi connectivity index (χ2n) is 5.81. The number of nitrogens with two attached hydrogens (primary N) is 1. The van der Waals surface area contributed by atoms with Gasteiger partial charge in [-0.25, -0.2) is 9.98 Å². The molecule has 1 aliphatic carbocycles. The number of pyridine rings is 1. The molecule has 3 N–H and O–H groups in total. The van der Waals surface area contributed by atoms with Crippen LogP contribution < -0.4 is 20.5 Å². The van der Waals surface area contributed by atoms with Gasteiger partial charge in [0.05, 0.1) is 20.3 Å². The summed E-state index contributed by atoms with van der Waals surface area (Å²) in [6.45, 7) is 1.23. The number of methoxy groups -OCH3 is 1. The van der Waals surface area contributed by atoms with Crippen molar-refractivity contribution in [2.24, 2.45) is 16.6 Å². The Morgan fingerprint density at radius 3 is 2.67 bits per heavy atom. The number of hydrogen-bond donors (Lipinski definition) is 2. The van der Waals surface area contributed by atoms with Gasteiger partial charge in [0.25, 0.3) is 0 Å². The molecule has 1 aromatic carbocycles. The van der Waals surface area contributed by atoms with Crippen LogP contribution in [0.15, 0.2) is 47.6 Å². The molecular formula is C18H22N4O2. The summed E-state index contributed by atoms with van der Waals surface area (Å²) in [6, 6.07) is 11.3. The molecule has 0 radical (unpaired) electrons. The summed E-state index contributed by atoms with van der Waals surface area (Å²) in [5, 5.41) is 3.04. The molecule has 0 saturated heterocycles. The molecule has 0 atom stereocenters. The highest BCUT2D eigenvalue weighted by Gasteiger charge is 2.21. The third-order valence-corrected chi connectivity index (χ3v) is 3.76. The fourth-order valence-corrected chi connectivity index (χ4v) is 2.12. The molecular weight excluding hydrogens is 304 g/mol. The predicted octanol–water partition coefficient (Wildman–Crippen LogP) is 2.81. The number of guanidine groups is 1. The lowest BCUT2D eigenvalue weighted by Gasteiger charge is -2.07. The average Bonchev–Trinajstić information content (AvgIpc) is 3.44. The van der Waals surface area contributed by atoms with Crippen molar-refractivity contribution in [2.45, 2.75) is 19.4 Å². The van der Waals surface area contributed by atoms with E-state index in [0.29, 0.717) is 18.4 Å². The van der Waals surface area contributed by atoms with Crippen molar-refractivity contribution in [3.05, 3.63) is 48.2 Å². The first kappa shape index (κ1) is 16.1. The van der Waals surface area contributed by atoms with Crippen LogP contribution in [0.3, 0.4) is 0 Å². The zero-order valence-corrected chi connectivity index (χ0v) is 13.7. The van der Waals surface area contributed by atoms with Crippen LogP contribution in [0.5, 0.6) is 11.6 Å². The zero-order valence-electron chi connectivity index (χ0n) is 13.7. The third-order valence-electron chi connectivity index (χ3n) is 3.76. The smallest absolute Gasteiger partial charge is 0.213 e. The molecule has 1 saturated carbocycles. The summed E-state index contributed by atoms with van der Waals surface area (Å²) in [5.41, 5.74) is 7.74. The summed E-state index contributed by atoms with van der Waals surface area (Å²) in [4.78, 5) is 8.61. The van der Waals surface area contributed by atoms with E-state index in [1.165, 1.54) is 12.8 Å². The third kappa shape index (κ3) is 4.87. The highest BCUT2D eigenvalue weighted by atomic mass is 16.5. The van der Waals surface area contributed by atoms with Gasteiger partial charge in [-0.15, -0.1) is 0 Å². The van der Waals surface area contributed by atoms with Crippen molar-refractivity contribution < 1.29 is 9.47 Å². The minimum atomic E-state index is 0.356. The average molecular weight is 326 g/mol. The molecule has 24 heavy (non-hydrogen) atoms. The number of rotatable bonds is 7. The molecule has 1 aromatic heterocycles. The summed E-state index contributed by atoms with van der Waals surface area (Å²) in [7, 11) is 1.63. The standard InChI is InChI=1S/C18H22N4O2/c1-23-16-7-5-15(6-8-16)22-18(19)21-11-14-4-9-17(20-10-14)24-12-13-2-3-13/h4-10,13H,2-3,11-12H2,1H3,(H3,19,21,22). The monoisotopic (exact) mass is 326 g/mol. The summed E-state index contributed by atoms with van der Waals surface area (Å²) >= 11 is 0. The van der Waals surface area contributed by atoms with E-state index in [2.05, 4.69) is 15.3 Å². The Kier molecular flexibility index (Phi) is 5.15. The second kappa shape index (κ2) is 7.68. The number of hydrogen-bond acceptors (Lipinski definition) is 4. The maximum atomic E-state index is 5.90. The van der Waals surface area contributed by atoms with Crippen LogP contribution in [0, 0.1) is 5.92 Å². The fourth-order valence-electron chi connectivity index (χ4n) is 2.12. The molecule has 0 bridgehead atoms. The number of nitrogens with one attached hydrogen (secondary N) is 1. The van der Waals surface area contributed by atoms with Gasteiger partial charge in [-0.3, -0.25) is 0 Å². The van der Waals surface area contributed by atoms with Gasteiger partial charge < -0.3 is 20.5 Å². The van der Waals surface area contributed by atoms with E-state index in [0.717, 1.165) is 29.5 Å². The van der Waals surface area contributed by atoms with E-state index in [-0.39, 0.29) is 0 Å². The van der Waals surface area contributed by atoms with Gasteiger partial charge in [-0.1, -0.05) is 6.07 Å². The maximum absolute atomic E-state index is 5.90. The van der Waals surface area contributed by atoms with E-state index in [9.17, 15) is 0 Å². The normalized spacial score (nSPS) is 14.3. The van der Waals surface area contributed by atoms with Crippen molar-refractivity contribution in [3.63, 3.8) is 0 Å².